The molecule has 0 aromatic rings. The summed E-state index contributed by atoms with van der Waals surface area (Å²) in [5.41, 5.74) is 5.95. The molecule has 2 atom stereocenters. The standard InChI is InChI=1S/C9H17N3O/c1-2-7-6-10-4-3-9(7)5-8(13)11-12-9/h7,10,12H,2-6H2,1H3,(H,11,13). The van der Waals surface area contributed by atoms with Gasteiger partial charge in [-0.15, -0.1) is 0 Å². The number of piperidine rings is 1. The van der Waals surface area contributed by atoms with E-state index in [0.29, 0.717) is 12.3 Å². The van der Waals surface area contributed by atoms with Crippen molar-refractivity contribution in [3.05, 3.63) is 0 Å². The minimum absolute atomic E-state index is 0.0388. The van der Waals surface area contributed by atoms with Crippen LogP contribution in [0.1, 0.15) is 26.2 Å². The van der Waals surface area contributed by atoms with Crippen molar-refractivity contribution in [1.29, 1.82) is 0 Å². The lowest BCUT2D eigenvalue weighted by Crippen LogP contribution is -2.57. The number of hydrazine groups is 1. The summed E-state index contributed by atoms with van der Waals surface area (Å²) >= 11 is 0. The molecule has 2 unspecified atom stereocenters. The van der Waals surface area contributed by atoms with E-state index in [1.165, 1.54) is 0 Å². The number of hydrogen-bond acceptors (Lipinski definition) is 3. The van der Waals surface area contributed by atoms with Crippen molar-refractivity contribution >= 4 is 5.91 Å². The van der Waals surface area contributed by atoms with E-state index in [-0.39, 0.29) is 11.4 Å². The van der Waals surface area contributed by atoms with Crippen molar-refractivity contribution in [2.75, 3.05) is 13.1 Å². The Kier molecular flexibility index (Phi) is 2.26. The van der Waals surface area contributed by atoms with Gasteiger partial charge in [-0.05, 0) is 25.4 Å². The predicted octanol–water partition coefficient (Wildman–Crippen LogP) is -0.231. The van der Waals surface area contributed by atoms with Gasteiger partial charge >= 0.3 is 0 Å². The average molecular weight is 183 g/mol. The van der Waals surface area contributed by atoms with Gasteiger partial charge in [-0.2, -0.15) is 0 Å². The molecule has 2 heterocycles. The summed E-state index contributed by atoms with van der Waals surface area (Å²) in [6.07, 6.45) is 2.81. The fourth-order valence-corrected chi connectivity index (χ4v) is 2.49. The molecule has 2 aliphatic heterocycles. The van der Waals surface area contributed by atoms with Crippen LogP contribution < -0.4 is 16.2 Å². The van der Waals surface area contributed by atoms with Gasteiger partial charge in [0.15, 0.2) is 0 Å². The van der Waals surface area contributed by atoms with Gasteiger partial charge in [-0.25, -0.2) is 5.43 Å². The maximum Gasteiger partial charge on any atom is 0.236 e. The molecule has 4 heteroatoms. The van der Waals surface area contributed by atoms with Crippen LogP contribution in [0.4, 0.5) is 0 Å². The molecular formula is C9H17N3O. The minimum atomic E-state index is 0.0388. The average Bonchev–Trinajstić information content (AvgIpc) is 2.49. The van der Waals surface area contributed by atoms with Crippen LogP contribution in [0.25, 0.3) is 0 Å². The first-order valence-corrected chi connectivity index (χ1v) is 5.03. The second kappa shape index (κ2) is 3.27. The van der Waals surface area contributed by atoms with Crippen LogP contribution in [0.15, 0.2) is 0 Å². The topological polar surface area (TPSA) is 53.2 Å². The van der Waals surface area contributed by atoms with Gasteiger partial charge in [0.1, 0.15) is 0 Å². The first-order valence-electron chi connectivity index (χ1n) is 5.03. The van der Waals surface area contributed by atoms with Gasteiger partial charge in [-0.1, -0.05) is 13.3 Å². The van der Waals surface area contributed by atoms with E-state index in [1.54, 1.807) is 0 Å². The van der Waals surface area contributed by atoms with E-state index in [9.17, 15) is 4.79 Å². The highest BCUT2D eigenvalue weighted by atomic mass is 16.2. The Balaban J connectivity index is 2.13. The molecule has 2 saturated heterocycles. The Bertz CT molecular complexity index is 219. The third-order valence-corrected chi connectivity index (χ3v) is 3.34. The van der Waals surface area contributed by atoms with Crippen LogP contribution in [0.3, 0.4) is 0 Å². The van der Waals surface area contributed by atoms with E-state index < -0.39 is 0 Å². The maximum atomic E-state index is 11.2. The Morgan fingerprint density at radius 3 is 3.08 bits per heavy atom. The summed E-state index contributed by atoms with van der Waals surface area (Å²) in [7, 11) is 0. The summed E-state index contributed by atoms with van der Waals surface area (Å²) in [6, 6.07) is 0. The number of hydrogen-bond donors (Lipinski definition) is 3. The van der Waals surface area contributed by atoms with E-state index >= 15 is 0 Å². The van der Waals surface area contributed by atoms with E-state index in [4.69, 9.17) is 0 Å². The van der Waals surface area contributed by atoms with Crippen molar-refractivity contribution in [3.63, 3.8) is 0 Å². The maximum absolute atomic E-state index is 11.2. The zero-order valence-electron chi connectivity index (χ0n) is 8.02. The number of nitrogens with one attached hydrogen (secondary N) is 3. The Morgan fingerprint density at radius 1 is 1.62 bits per heavy atom. The highest BCUT2D eigenvalue weighted by molar-refractivity contribution is 5.79. The molecule has 2 fully saturated rings. The van der Waals surface area contributed by atoms with Gasteiger partial charge in [0.05, 0.1) is 5.54 Å². The van der Waals surface area contributed by atoms with Gasteiger partial charge in [0.2, 0.25) is 5.91 Å². The van der Waals surface area contributed by atoms with Crippen molar-refractivity contribution in [2.45, 2.75) is 31.7 Å². The molecule has 1 spiro atoms. The highest BCUT2D eigenvalue weighted by Gasteiger charge is 2.45. The fourth-order valence-electron chi connectivity index (χ4n) is 2.49. The molecule has 0 aromatic carbocycles. The second-order valence-corrected chi connectivity index (χ2v) is 4.07. The minimum Gasteiger partial charge on any atom is -0.316 e. The molecule has 2 rings (SSSR count). The van der Waals surface area contributed by atoms with Crippen LogP contribution >= 0.6 is 0 Å². The van der Waals surface area contributed by atoms with Crippen LogP contribution in [-0.4, -0.2) is 24.5 Å². The lowest BCUT2D eigenvalue weighted by molar-refractivity contribution is -0.119. The normalized spacial score (nSPS) is 39.5. The van der Waals surface area contributed by atoms with Crippen molar-refractivity contribution < 1.29 is 4.79 Å². The molecule has 1 amide bonds. The molecule has 4 nitrogen and oxygen atoms in total. The number of rotatable bonds is 1. The summed E-state index contributed by atoms with van der Waals surface area (Å²) < 4.78 is 0. The Hall–Kier alpha value is -0.610. The molecule has 13 heavy (non-hydrogen) atoms. The van der Waals surface area contributed by atoms with Gasteiger partial charge in [0, 0.05) is 6.42 Å². The predicted molar refractivity (Wildman–Crippen MR) is 49.9 cm³/mol. The van der Waals surface area contributed by atoms with Crippen LogP contribution in [-0.2, 0) is 4.79 Å². The first-order chi connectivity index (χ1) is 6.27. The monoisotopic (exact) mass is 183 g/mol. The first kappa shape index (κ1) is 8.97. The molecule has 0 radical (unpaired) electrons. The zero-order chi connectivity index (χ0) is 9.31. The van der Waals surface area contributed by atoms with Gasteiger partial charge < -0.3 is 5.32 Å². The zero-order valence-corrected chi connectivity index (χ0v) is 8.02. The van der Waals surface area contributed by atoms with E-state index in [2.05, 4.69) is 23.1 Å². The largest absolute Gasteiger partial charge is 0.316 e. The third-order valence-electron chi connectivity index (χ3n) is 3.34. The molecule has 0 aromatic heterocycles. The number of carbonyl (C=O) groups excluding carboxylic acids is 1. The van der Waals surface area contributed by atoms with E-state index in [0.717, 1.165) is 25.9 Å². The molecule has 0 bridgehead atoms. The van der Waals surface area contributed by atoms with Crippen molar-refractivity contribution in [1.82, 2.24) is 16.2 Å². The second-order valence-electron chi connectivity index (χ2n) is 4.07. The van der Waals surface area contributed by atoms with Crippen molar-refractivity contribution in [3.8, 4) is 0 Å². The smallest absolute Gasteiger partial charge is 0.236 e. The summed E-state index contributed by atoms with van der Waals surface area (Å²) in [6.45, 7) is 4.22. The molecule has 3 N–H and O–H groups in total. The summed E-state index contributed by atoms with van der Waals surface area (Å²) in [4.78, 5) is 11.2. The Labute approximate surface area is 78.4 Å². The lowest BCUT2D eigenvalue weighted by atomic mass is 9.76. The third kappa shape index (κ3) is 1.44. The number of carbonyl (C=O) groups is 1. The SMILES string of the molecule is CCC1CNCCC12CC(=O)NN2. The molecule has 2 aliphatic rings. The Morgan fingerprint density at radius 2 is 2.46 bits per heavy atom. The fraction of sp³-hybridized carbons (Fsp3) is 0.889. The number of amides is 1. The van der Waals surface area contributed by atoms with Gasteiger partial charge in [0.25, 0.3) is 0 Å². The molecule has 0 saturated carbocycles. The quantitative estimate of drug-likeness (QED) is 0.526. The molecule has 0 aliphatic carbocycles. The van der Waals surface area contributed by atoms with Crippen molar-refractivity contribution in [2.24, 2.45) is 5.92 Å². The summed E-state index contributed by atoms with van der Waals surface area (Å²) in [5.74, 6) is 0.709. The van der Waals surface area contributed by atoms with E-state index in [1.807, 2.05) is 0 Å². The molecular weight excluding hydrogens is 166 g/mol. The van der Waals surface area contributed by atoms with Gasteiger partial charge in [-0.3, -0.25) is 10.2 Å². The summed E-state index contributed by atoms with van der Waals surface area (Å²) in [5, 5.41) is 3.37. The highest BCUT2D eigenvalue weighted by Crippen LogP contribution is 2.32. The molecule has 74 valence electrons. The van der Waals surface area contributed by atoms with Crippen LogP contribution in [0, 0.1) is 5.92 Å². The van der Waals surface area contributed by atoms with Crippen LogP contribution in [0.5, 0.6) is 0 Å². The lowest BCUT2D eigenvalue weighted by Gasteiger charge is -2.40. The van der Waals surface area contributed by atoms with Crippen LogP contribution in [0.2, 0.25) is 0 Å².